The second-order valence-electron chi connectivity index (χ2n) is 9.70. The number of carbonyl (C=O) groups excluding carboxylic acids is 1. The van der Waals surface area contributed by atoms with Crippen LogP contribution in [0.15, 0.2) is 42.7 Å². The largest absolute Gasteiger partial charge is 0.491 e. The first-order valence-corrected chi connectivity index (χ1v) is 13.3. The molecule has 1 fully saturated rings. The Bertz CT molecular complexity index is 1520. The third-order valence-electron chi connectivity index (χ3n) is 7.01. The van der Waals surface area contributed by atoms with Gasteiger partial charge in [0.05, 0.1) is 16.4 Å². The van der Waals surface area contributed by atoms with Crippen LogP contribution < -0.4 is 9.64 Å². The molecule has 1 aromatic carbocycles. The van der Waals surface area contributed by atoms with Gasteiger partial charge in [-0.2, -0.15) is 5.10 Å². The smallest absolute Gasteiger partial charge is 0.220 e. The van der Waals surface area contributed by atoms with Crippen LogP contribution in [0.1, 0.15) is 26.3 Å². The lowest BCUT2D eigenvalue weighted by molar-refractivity contribution is -0.133. The molecule has 2 aliphatic heterocycles. The number of hydrogen-bond donors (Lipinski definition) is 0. The fraction of sp³-hybridized carbons (Fsp3) is 0.333. The van der Waals surface area contributed by atoms with E-state index in [-0.39, 0.29) is 23.7 Å². The van der Waals surface area contributed by atoms with Crippen molar-refractivity contribution < 1.29 is 18.3 Å². The lowest BCUT2D eigenvalue weighted by atomic mass is 10.1. The molecule has 0 N–H and O–H groups in total. The van der Waals surface area contributed by atoms with Crippen molar-refractivity contribution in [1.82, 2.24) is 24.6 Å². The number of rotatable bonds is 3. The maximum Gasteiger partial charge on any atom is 0.220 e. The van der Waals surface area contributed by atoms with Crippen LogP contribution in [0, 0.1) is 11.6 Å². The molecule has 3 aromatic heterocycles. The molecule has 1 amide bonds. The van der Waals surface area contributed by atoms with Gasteiger partial charge in [0.1, 0.15) is 35.1 Å². The van der Waals surface area contributed by atoms with Crippen molar-refractivity contribution in [2.75, 3.05) is 24.6 Å². The minimum absolute atomic E-state index is 0.0650. The van der Waals surface area contributed by atoms with Gasteiger partial charge in [0, 0.05) is 44.6 Å². The van der Waals surface area contributed by atoms with Crippen molar-refractivity contribution in [3.63, 3.8) is 0 Å². The fourth-order valence-electron chi connectivity index (χ4n) is 5.46. The van der Waals surface area contributed by atoms with Gasteiger partial charge in [-0.1, -0.05) is 0 Å². The maximum absolute atomic E-state index is 14.6. The number of nitrogens with zero attached hydrogens (tertiary/aromatic N) is 6. The number of fused-ring (bicyclic) bond motifs is 3. The van der Waals surface area contributed by atoms with Crippen molar-refractivity contribution in [3.05, 3.63) is 59.9 Å². The van der Waals surface area contributed by atoms with Gasteiger partial charge in [0.25, 0.3) is 0 Å². The van der Waals surface area contributed by atoms with Gasteiger partial charge in [-0.3, -0.25) is 4.79 Å². The van der Waals surface area contributed by atoms with Crippen LogP contribution in [-0.2, 0) is 11.2 Å². The highest BCUT2D eigenvalue weighted by Crippen LogP contribution is 2.43. The molecule has 1 saturated heterocycles. The average Bonchev–Trinajstić information content (AvgIpc) is 3.47. The summed E-state index contributed by atoms with van der Waals surface area (Å²) in [5, 5.41) is 4.21. The number of benzene rings is 1. The number of pyridine rings is 1. The van der Waals surface area contributed by atoms with Crippen molar-refractivity contribution in [2.24, 2.45) is 0 Å². The number of thiophene rings is 1. The summed E-state index contributed by atoms with van der Waals surface area (Å²) in [6, 6.07) is 9.46. The van der Waals surface area contributed by atoms with E-state index in [2.05, 4.69) is 28.8 Å². The van der Waals surface area contributed by atoms with E-state index in [0.717, 1.165) is 32.9 Å². The molecule has 38 heavy (non-hydrogen) atoms. The van der Waals surface area contributed by atoms with Crippen LogP contribution in [0.2, 0.25) is 0 Å². The van der Waals surface area contributed by atoms with Gasteiger partial charge < -0.3 is 14.5 Å². The Morgan fingerprint density at radius 3 is 2.63 bits per heavy atom. The van der Waals surface area contributed by atoms with E-state index in [4.69, 9.17) is 9.72 Å². The first kappa shape index (κ1) is 24.5. The Hall–Kier alpha value is -3.86. The molecule has 11 heteroatoms. The SMILES string of the molecule is CC(=O)N1C(C)CN(c2ccc3c(n2)-c2sc(-c4ncnn4-c4ccc(F)cc4F)cc2CCO3)CC1C. The van der Waals surface area contributed by atoms with E-state index >= 15 is 0 Å². The van der Waals surface area contributed by atoms with Crippen molar-refractivity contribution in [2.45, 2.75) is 39.3 Å². The summed E-state index contributed by atoms with van der Waals surface area (Å²) in [6.07, 6.45) is 2.04. The number of amides is 1. The van der Waals surface area contributed by atoms with Crippen LogP contribution in [-0.4, -0.2) is 62.3 Å². The zero-order valence-corrected chi connectivity index (χ0v) is 22.0. The second kappa shape index (κ2) is 9.46. The van der Waals surface area contributed by atoms with E-state index < -0.39 is 11.6 Å². The van der Waals surface area contributed by atoms with Crippen LogP contribution in [0.4, 0.5) is 14.6 Å². The number of anilines is 1. The normalized spacial score (nSPS) is 19.0. The lowest BCUT2D eigenvalue weighted by Crippen LogP contribution is -2.58. The molecule has 2 atom stereocenters. The fourth-order valence-corrected chi connectivity index (χ4v) is 6.64. The molecule has 0 radical (unpaired) electrons. The summed E-state index contributed by atoms with van der Waals surface area (Å²) in [6.45, 7) is 7.60. The third kappa shape index (κ3) is 4.20. The molecule has 0 aliphatic carbocycles. The molecule has 0 saturated carbocycles. The van der Waals surface area contributed by atoms with Crippen molar-refractivity contribution >= 4 is 23.1 Å². The summed E-state index contributed by atoms with van der Waals surface area (Å²) in [5.74, 6) is 0.713. The zero-order valence-electron chi connectivity index (χ0n) is 21.2. The Kier molecular flexibility index (Phi) is 6.10. The van der Waals surface area contributed by atoms with Gasteiger partial charge in [-0.25, -0.2) is 23.4 Å². The topological polar surface area (TPSA) is 76.4 Å². The third-order valence-corrected chi connectivity index (χ3v) is 8.19. The number of aromatic nitrogens is 4. The highest BCUT2D eigenvalue weighted by Gasteiger charge is 2.32. The summed E-state index contributed by atoms with van der Waals surface area (Å²) < 4.78 is 35.5. The number of carbonyl (C=O) groups is 1. The number of piperazine rings is 1. The quantitative estimate of drug-likeness (QED) is 0.377. The van der Waals surface area contributed by atoms with Crippen LogP contribution in [0.25, 0.3) is 27.0 Å². The van der Waals surface area contributed by atoms with Gasteiger partial charge in [-0.15, -0.1) is 11.3 Å². The predicted molar refractivity (Wildman–Crippen MR) is 141 cm³/mol. The monoisotopic (exact) mass is 536 g/mol. The molecular formula is C27H26F2N6O2S. The molecule has 2 unspecified atom stereocenters. The highest BCUT2D eigenvalue weighted by atomic mass is 32.1. The van der Waals surface area contributed by atoms with E-state index in [1.165, 1.54) is 34.5 Å². The average molecular weight is 537 g/mol. The van der Waals surface area contributed by atoms with Crippen LogP contribution in [0.3, 0.4) is 0 Å². The van der Waals surface area contributed by atoms with Gasteiger partial charge >= 0.3 is 0 Å². The second-order valence-corrected chi connectivity index (χ2v) is 10.8. The Morgan fingerprint density at radius 2 is 1.89 bits per heavy atom. The van der Waals surface area contributed by atoms with Crippen molar-refractivity contribution in [1.29, 1.82) is 0 Å². The van der Waals surface area contributed by atoms with Crippen LogP contribution >= 0.6 is 11.3 Å². The Balaban J connectivity index is 1.37. The van der Waals surface area contributed by atoms with E-state index in [1.807, 2.05) is 23.1 Å². The van der Waals surface area contributed by atoms with Gasteiger partial charge in [-0.05, 0) is 49.7 Å². The predicted octanol–water partition coefficient (Wildman–Crippen LogP) is 4.72. The summed E-state index contributed by atoms with van der Waals surface area (Å²) in [4.78, 5) is 27.4. The zero-order chi connectivity index (χ0) is 26.6. The number of ether oxygens (including phenoxy) is 1. The molecule has 196 valence electrons. The van der Waals surface area contributed by atoms with Crippen molar-refractivity contribution in [3.8, 4) is 32.7 Å². The number of halogens is 2. The van der Waals surface area contributed by atoms with Gasteiger partial charge in [0.2, 0.25) is 5.91 Å². The molecule has 8 nitrogen and oxygen atoms in total. The van der Waals surface area contributed by atoms with Gasteiger partial charge in [0.15, 0.2) is 11.6 Å². The first-order chi connectivity index (χ1) is 18.3. The van der Waals surface area contributed by atoms with E-state index in [0.29, 0.717) is 37.7 Å². The molecule has 6 rings (SSSR count). The van der Waals surface area contributed by atoms with E-state index in [9.17, 15) is 13.6 Å². The molecule has 0 spiro atoms. The molecule has 0 bridgehead atoms. The molecule has 5 heterocycles. The summed E-state index contributed by atoms with van der Waals surface area (Å²) in [5.41, 5.74) is 1.94. The standard InChI is InChI=1S/C27H26F2N6O2S/c1-15-12-33(13-16(2)34(15)17(3)36)24-7-6-22-25(32-24)26-18(8-9-37-22)10-23(38-26)27-30-14-31-35(27)21-5-4-19(28)11-20(21)29/h4-7,10-11,14-16H,8-9,12-13H2,1-3H3. The maximum atomic E-state index is 14.6. The Morgan fingerprint density at radius 1 is 1.11 bits per heavy atom. The Labute approximate surface area is 222 Å². The molecule has 4 aromatic rings. The minimum Gasteiger partial charge on any atom is -0.491 e. The first-order valence-electron chi connectivity index (χ1n) is 12.5. The summed E-state index contributed by atoms with van der Waals surface area (Å²) in [7, 11) is 0. The lowest BCUT2D eigenvalue weighted by Gasteiger charge is -2.44. The number of hydrogen-bond acceptors (Lipinski definition) is 7. The minimum atomic E-state index is -0.715. The molecule has 2 aliphatic rings. The van der Waals surface area contributed by atoms with E-state index in [1.54, 1.807) is 6.92 Å². The highest BCUT2D eigenvalue weighted by molar-refractivity contribution is 7.19. The molecular weight excluding hydrogens is 510 g/mol. The van der Waals surface area contributed by atoms with Crippen LogP contribution in [0.5, 0.6) is 5.75 Å². The summed E-state index contributed by atoms with van der Waals surface area (Å²) >= 11 is 1.49.